The van der Waals surface area contributed by atoms with Crippen LogP contribution in [0.25, 0.3) is 0 Å². The molecule has 0 radical (unpaired) electrons. The molecule has 2 aromatic rings. The highest BCUT2D eigenvalue weighted by molar-refractivity contribution is 7.14. The summed E-state index contributed by atoms with van der Waals surface area (Å²) in [6.07, 6.45) is -2.39. The zero-order valence-corrected chi connectivity index (χ0v) is 17.4. The number of hydrogen-bond acceptors (Lipinski definition) is 5. The number of anilines is 1. The Morgan fingerprint density at radius 1 is 1.29 bits per heavy atom. The molecule has 5 nitrogen and oxygen atoms in total. The second-order valence-corrected chi connectivity index (χ2v) is 8.64. The van der Waals surface area contributed by atoms with Crippen LogP contribution in [0.2, 0.25) is 0 Å². The molecule has 0 saturated heterocycles. The Kier molecular flexibility index (Phi) is 4.55. The lowest BCUT2D eigenvalue weighted by Gasteiger charge is -2.47. The van der Waals surface area contributed by atoms with Crippen LogP contribution in [-0.2, 0) is 16.4 Å². The Bertz CT molecular complexity index is 1140. The third-order valence-electron chi connectivity index (χ3n) is 6.24. The number of halogens is 3. The summed E-state index contributed by atoms with van der Waals surface area (Å²) in [6, 6.07) is 9.05. The Labute approximate surface area is 181 Å². The monoisotopic (exact) mass is 444 g/mol. The molecule has 9 heteroatoms. The number of thiophene rings is 1. The van der Waals surface area contributed by atoms with E-state index in [2.05, 4.69) is 15.5 Å². The number of azo groups is 1. The normalized spacial score (nSPS) is 25.3. The van der Waals surface area contributed by atoms with Gasteiger partial charge in [0.2, 0.25) is 0 Å². The molecule has 160 valence electrons. The van der Waals surface area contributed by atoms with Crippen LogP contribution in [0.15, 0.2) is 75.0 Å². The minimum atomic E-state index is -4.48. The zero-order chi connectivity index (χ0) is 21.8. The van der Waals surface area contributed by atoms with Crippen molar-refractivity contribution >= 4 is 22.2 Å². The molecule has 0 fully saturated rings. The fourth-order valence-corrected chi connectivity index (χ4v) is 5.60. The maximum Gasteiger partial charge on any atom is 0.416 e. The molecule has 1 aromatic carbocycles. The molecule has 31 heavy (non-hydrogen) atoms. The van der Waals surface area contributed by atoms with Gasteiger partial charge in [0, 0.05) is 24.2 Å². The van der Waals surface area contributed by atoms with Gasteiger partial charge in [-0.3, -0.25) is 9.69 Å². The molecular weight excluding hydrogens is 425 g/mol. The molecule has 4 heterocycles. The number of amides is 1. The average molecular weight is 444 g/mol. The number of carbonyl (C=O) groups excluding carboxylic acids is 1. The first-order valence-electron chi connectivity index (χ1n) is 10.00. The Morgan fingerprint density at radius 3 is 2.84 bits per heavy atom. The lowest BCUT2D eigenvalue weighted by Crippen LogP contribution is -2.54. The van der Waals surface area contributed by atoms with E-state index in [1.165, 1.54) is 17.4 Å². The van der Waals surface area contributed by atoms with E-state index in [9.17, 15) is 18.0 Å². The van der Waals surface area contributed by atoms with Crippen LogP contribution in [0.4, 0.5) is 18.2 Å². The van der Waals surface area contributed by atoms with Crippen LogP contribution in [0.3, 0.4) is 0 Å². The van der Waals surface area contributed by atoms with E-state index in [4.69, 9.17) is 0 Å². The largest absolute Gasteiger partial charge is 0.416 e. The lowest BCUT2D eigenvalue weighted by molar-refractivity contribution is -0.137. The van der Waals surface area contributed by atoms with Gasteiger partial charge in [-0.15, -0.1) is 11.3 Å². The minimum absolute atomic E-state index is 0.193. The van der Waals surface area contributed by atoms with Crippen molar-refractivity contribution in [1.82, 2.24) is 5.32 Å². The topological polar surface area (TPSA) is 57.1 Å². The Hall–Kier alpha value is -2.94. The summed E-state index contributed by atoms with van der Waals surface area (Å²) in [5, 5.41) is 14.3. The Morgan fingerprint density at radius 2 is 2.13 bits per heavy atom. The fourth-order valence-electron chi connectivity index (χ4n) is 4.84. The SMILES string of the molecule is CCC1(c2cccc(C(F)(F)F)c2)C2=CN=NC2NC2=C1C(=O)N(c1cccs1)CC2. The first kappa shape index (κ1) is 20.0. The number of hydrogen-bond donors (Lipinski definition) is 1. The van der Waals surface area contributed by atoms with Crippen molar-refractivity contribution in [3.8, 4) is 0 Å². The van der Waals surface area contributed by atoms with Crippen molar-refractivity contribution in [2.75, 3.05) is 11.4 Å². The number of alkyl halides is 3. The number of rotatable bonds is 3. The maximum atomic E-state index is 13.8. The number of carbonyl (C=O) groups is 1. The van der Waals surface area contributed by atoms with Crippen LogP contribution in [0.1, 0.15) is 30.9 Å². The van der Waals surface area contributed by atoms with E-state index in [1.807, 2.05) is 24.4 Å². The molecule has 3 aliphatic heterocycles. The highest BCUT2D eigenvalue weighted by Crippen LogP contribution is 2.52. The van der Waals surface area contributed by atoms with Crippen LogP contribution in [0, 0.1) is 0 Å². The second kappa shape index (κ2) is 7.05. The predicted molar refractivity (Wildman–Crippen MR) is 112 cm³/mol. The molecule has 1 N–H and O–H groups in total. The zero-order valence-electron chi connectivity index (χ0n) is 16.6. The number of nitrogens with one attached hydrogen (secondary N) is 1. The van der Waals surface area contributed by atoms with Gasteiger partial charge in [-0.2, -0.15) is 23.4 Å². The number of fused-ring (bicyclic) bond motifs is 1. The van der Waals surface area contributed by atoms with Crippen LogP contribution < -0.4 is 10.2 Å². The van der Waals surface area contributed by atoms with Crippen LogP contribution in [0.5, 0.6) is 0 Å². The first-order valence-corrected chi connectivity index (χ1v) is 10.9. The predicted octanol–water partition coefficient (Wildman–Crippen LogP) is 5.38. The van der Waals surface area contributed by atoms with Crippen molar-refractivity contribution in [2.24, 2.45) is 10.2 Å². The van der Waals surface area contributed by atoms with Gasteiger partial charge < -0.3 is 5.32 Å². The molecule has 1 aromatic heterocycles. The van der Waals surface area contributed by atoms with Gasteiger partial charge in [-0.1, -0.05) is 25.1 Å². The van der Waals surface area contributed by atoms with E-state index >= 15 is 0 Å². The summed E-state index contributed by atoms with van der Waals surface area (Å²) < 4.78 is 40.6. The molecule has 2 atom stereocenters. The van der Waals surface area contributed by atoms with E-state index in [-0.39, 0.29) is 5.91 Å². The summed E-state index contributed by atoms with van der Waals surface area (Å²) >= 11 is 1.46. The minimum Gasteiger partial charge on any atom is -0.362 e. The summed E-state index contributed by atoms with van der Waals surface area (Å²) in [5.41, 5.74) is 0.589. The highest BCUT2D eigenvalue weighted by atomic mass is 32.1. The van der Waals surface area contributed by atoms with Gasteiger partial charge in [0.25, 0.3) is 5.91 Å². The van der Waals surface area contributed by atoms with Gasteiger partial charge in [-0.25, -0.2) is 0 Å². The van der Waals surface area contributed by atoms with Crippen molar-refractivity contribution in [3.63, 3.8) is 0 Å². The summed E-state index contributed by atoms with van der Waals surface area (Å²) in [4.78, 5) is 15.5. The third kappa shape index (κ3) is 2.94. The molecule has 0 spiro atoms. The summed E-state index contributed by atoms with van der Waals surface area (Å²) in [5.74, 6) is -0.193. The van der Waals surface area contributed by atoms with E-state index in [0.29, 0.717) is 36.1 Å². The quantitative estimate of drug-likeness (QED) is 0.691. The summed E-state index contributed by atoms with van der Waals surface area (Å²) in [6.45, 7) is 2.39. The molecule has 2 unspecified atom stereocenters. The van der Waals surface area contributed by atoms with Crippen molar-refractivity contribution in [1.29, 1.82) is 0 Å². The molecule has 0 aliphatic carbocycles. The standard InChI is InChI=1S/C22H19F3N4OS/c1-2-21(13-5-3-6-14(11-13)22(23,24)25)15-12-26-28-19(15)27-16-8-9-29(20(30)18(16)21)17-7-4-10-31-17/h3-7,10-12,19,27H,2,8-9H2,1H3. The number of nitrogens with zero attached hydrogens (tertiary/aromatic N) is 3. The first-order chi connectivity index (χ1) is 14.9. The Balaban J connectivity index is 1.73. The van der Waals surface area contributed by atoms with Gasteiger partial charge in [-0.05, 0) is 35.6 Å². The van der Waals surface area contributed by atoms with Crippen LogP contribution in [-0.4, -0.2) is 18.6 Å². The second-order valence-electron chi connectivity index (χ2n) is 7.71. The van der Waals surface area contributed by atoms with Gasteiger partial charge in [0.15, 0.2) is 6.17 Å². The molecule has 1 amide bonds. The number of benzene rings is 1. The summed E-state index contributed by atoms with van der Waals surface area (Å²) in [7, 11) is 0. The molecule has 5 rings (SSSR count). The van der Waals surface area contributed by atoms with E-state index in [1.54, 1.807) is 17.2 Å². The van der Waals surface area contributed by atoms with Crippen molar-refractivity contribution in [3.05, 3.63) is 75.9 Å². The molecular formula is C22H19F3N4OS. The van der Waals surface area contributed by atoms with E-state index in [0.717, 1.165) is 22.8 Å². The van der Waals surface area contributed by atoms with Crippen molar-refractivity contribution in [2.45, 2.75) is 37.5 Å². The van der Waals surface area contributed by atoms with Gasteiger partial charge >= 0.3 is 6.18 Å². The van der Waals surface area contributed by atoms with E-state index < -0.39 is 23.3 Å². The fraction of sp³-hybridized carbons (Fsp3) is 0.318. The molecule has 0 bridgehead atoms. The molecule has 0 saturated carbocycles. The van der Waals surface area contributed by atoms with Gasteiger partial charge in [0.1, 0.15) is 0 Å². The van der Waals surface area contributed by atoms with Crippen molar-refractivity contribution < 1.29 is 18.0 Å². The van der Waals surface area contributed by atoms with Crippen LogP contribution >= 0.6 is 11.3 Å². The maximum absolute atomic E-state index is 13.8. The van der Waals surface area contributed by atoms with Gasteiger partial charge in [0.05, 0.1) is 27.8 Å². The highest BCUT2D eigenvalue weighted by Gasteiger charge is 2.53. The molecule has 3 aliphatic rings. The lowest BCUT2D eigenvalue weighted by atomic mass is 9.62. The smallest absolute Gasteiger partial charge is 0.362 e. The third-order valence-corrected chi connectivity index (χ3v) is 7.13. The average Bonchev–Trinajstić information content (AvgIpc) is 3.44.